The second-order valence-electron chi connectivity index (χ2n) is 4.68. The van der Waals surface area contributed by atoms with Gasteiger partial charge in [0.1, 0.15) is 0 Å². The van der Waals surface area contributed by atoms with Crippen molar-refractivity contribution in [3.63, 3.8) is 0 Å². The number of pyridine rings is 1. The van der Waals surface area contributed by atoms with E-state index in [9.17, 15) is 0 Å². The van der Waals surface area contributed by atoms with Gasteiger partial charge in [-0.3, -0.25) is 4.98 Å². The quantitative estimate of drug-likeness (QED) is 0.862. The lowest BCUT2D eigenvalue weighted by molar-refractivity contribution is 0.435. The summed E-state index contributed by atoms with van der Waals surface area (Å²) in [4.78, 5) is 18.5. The molecule has 0 amide bonds. The topological polar surface area (TPSA) is 64.0 Å². The third kappa shape index (κ3) is 3.71. The van der Waals surface area contributed by atoms with Crippen molar-refractivity contribution < 1.29 is 4.74 Å². The lowest BCUT2D eigenvalue weighted by Crippen LogP contribution is -2.31. The van der Waals surface area contributed by atoms with Gasteiger partial charge in [0, 0.05) is 25.4 Å². The molecule has 0 unspecified atom stereocenters. The number of hydrogen-bond acceptors (Lipinski definition) is 6. The molecule has 3 heterocycles. The summed E-state index contributed by atoms with van der Waals surface area (Å²) in [5.74, 6) is 0.994. The van der Waals surface area contributed by atoms with Crippen LogP contribution in [0.25, 0.3) is 0 Å². The van der Waals surface area contributed by atoms with E-state index in [0.717, 1.165) is 25.9 Å². The maximum atomic E-state index is 5.96. The zero-order valence-electron chi connectivity index (χ0n) is 11.2. The van der Waals surface area contributed by atoms with Gasteiger partial charge in [-0.15, -0.1) is 0 Å². The number of anilines is 1. The number of ether oxygens (including phenoxy) is 1. The van der Waals surface area contributed by atoms with Gasteiger partial charge < -0.3 is 9.64 Å². The molecule has 1 aliphatic heterocycles. The molecule has 1 saturated heterocycles. The lowest BCUT2D eigenvalue weighted by Gasteiger charge is -2.26. The third-order valence-corrected chi connectivity index (χ3v) is 3.48. The number of nitrogens with zero attached hydrogens (tertiary/aromatic N) is 5. The molecule has 8 heteroatoms. The molecule has 21 heavy (non-hydrogen) atoms. The Hall–Kier alpha value is -1.66. The number of piperidine rings is 1. The molecule has 0 atom stereocenters. The largest absolute Gasteiger partial charge is 0.422 e. The summed E-state index contributed by atoms with van der Waals surface area (Å²) in [7, 11) is 0. The van der Waals surface area contributed by atoms with E-state index >= 15 is 0 Å². The first-order valence-electron chi connectivity index (χ1n) is 6.66. The van der Waals surface area contributed by atoms with Gasteiger partial charge >= 0.3 is 6.01 Å². The molecular weight excluding hydrogens is 313 g/mol. The standard InChI is InChI=1S/C13H13Cl2N5O/c14-9-6-10(8-16-7-9)21-13-18-11(15)17-12(19-13)20-4-2-1-3-5-20/h6-8H,1-5H2. The summed E-state index contributed by atoms with van der Waals surface area (Å²) >= 11 is 11.8. The average molecular weight is 326 g/mol. The van der Waals surface area contributed by atoms with Crippen molar-refractivity contribution in [3.8, 4) is 11.8 Å². The average Bonchev–Trinajstić information content (AvgIpc) is 2.47. The van der Waals surface area contributed by atoms with Gasteiger partial charge in [-0.05, 0) is 30.9 Å². The smallest absolute Gasteiger partial charge is 0.328 e. The van der Waals surface area contributed by atoms with E-state index in [-0.39, 0.29) is 11.3 Å². The SMILES string of the molecule is Clc1cncc(Oc2nc(Cl)nc(N3CCCCC3)n2)c1. The Kier molecular flexibility index (Phi) is 4.36. The highest BCUT2D eigenvalue weighted by atomic mass is 35.5. The predicted molar refractivity (Wildman–Crippen MR) is 80.2 cm³/mol. The van der Waals surface area contributed by atoms with Crippen LogP contribution in [0.15, 0.2) is 18.5 Å². The fourth-order valence-electron chi connectivity index (χ4n) is 2.16. The van der Waals surface area contributed by atoms with Crippen LogP contribution in [0.4, 0.5) is 5.95 Å². The summed E-state index contributed by atoms with van der Waals surface area (Å²) in [5, 5.41) is 0.583. The maximum Gasteiger partial charge on any atom is 0.328 e. The molecule has 0 aliphatic carbocycles. The van der Waals surface area contributed by atoms with Crippen LogP contribution in [0.2, 0.25) is 10.3 Å². The van der Waals surface area contributed by atoms with Crippen molar-refractivity contribution in [3.05, 3.63) is 28.8 Å². The Bertz CT molecular complexity index is 634. The van der Waals surface area contributed by atoms with Crippen LogP contribution < -0.4 is 9.64 Å². The minimum Gasteiger partial charge on any atom is -0.422 e. The zero-order valence-corrected chi connectivity index (χ0v) is 12.7. The molecule has 0 spiro atoms. The van der Waals surface area contributed by atoms with Gasteiger partial charge in [0.2, 0.25) is 11.2 Å². The number of aromatic nitrogens is 4. The Labute approximate surface area is 132 Å². The molecule has 0 bridgehead atoms. The van der Waals surface area contributed by atoms with Crippen molar-refractivity contribution in [2.45, 2.75) is 19.3 Å². The van der Waals surface area contributed by atoms with Crippen molar-refractivity contribution in [1.29, 1.82) is 0 Å². The van der Waals surface area contributed by atoms with E-state index in [1.54, 1.807) is 6.07 Å². The second kappa shape index (κ2) is 6.41. The minimum absolute atomic E-state index is 0.107. The maximum absolute atomic E-state index is 5.96. The predicted octanol–water partition coefficient (Wildman–Crippen LogP) is 3.36. The fourth-order valence-corrected chi connectivity index (χ4v) is 2.47. The lowest BCUT2D eigenvalue weighted by atomic mass is 10.1. The van der Waals surface area contributed by atoms with Crippen LogP contribution in [0.5, 0.6) is 11.8 Å². The van der Waals surface area contributed by atoms with Crippen LogP contribution >= 0.6 is 23.2 Å². The minimum atomic E-state index is 0.107. The van der Waals surface area contributed by atoms with Gasteiger partial charge in [-0.2, -0.15) is 15.0 Å². The molecule has 1 aliphatic rings. The molecule has 6 nitrogen and oxygen atoms in total. The van der Waals surface area contributed by atoms with Crippen LogP contribution in [0.3, 0.4) is 0 Å². The van der Waals surface area contributed by atoms with Gasteiger partial charge in [-0.1, -0.05) is 11.6 Å². The van der Waals surface area contributed by atoms with E-state index in [0.29, 0.717) is 16.7 Å². The van der Waals surface area contributed by atoms with Crippen LogP contribution in [0.1, 0.15) is 19.3 Å². The van der Waals surface area contributed by atoms with Crippen molar-refractivity contribution >= 4 is 29.2 Å². The number of hydrogen-bond donors (Lipinski definition) is 0. The first kappa shape index (κ1) is 14.3. The van der Waals surface area contributed by atoms with E-state index in [4.69, 9.17) is 27.9 Å². The summed E-state index contributed by atoms with van der Waals surface area (Å²) in [5.41, 5.74) is 0. The molecular formula is C13H13Cl2N5O. The van der Waals surface area contributed by atoms with Crippen molar-refractivity contribution in [2.24, 2.45) is 0 Å². The number of rotatable bonds is 3. The molecule has 2 aromatic rings. The van der Waals surface area contributed by atoms with Crippen molar-refractivity contribution in [2.75, 3.05) is 18.0 Å². The van der Waals surface area contributed by atoms with E-state index in [1.165, 1.54) is 18.8 Å². The first-order valence-corrected chi connectivity index (χ1v) is 7.41. The normalized spacial score (nSPS) is 15.0. The molecule has 3 rings (SSSR count). The monoisotopic (exact) mass is 325 g/mol. The Balaban J connectivity index is 1.83. The summed E-state index contributed by atoms with van der Waals surface area (Å²) < 4.78 is 5.55. The third-order valence-electron chi connectivity index (χ3n) is 3.10. The molecule has 0 radical (unpaired) electrons. The molecule has 110 valence electrons. The van der Waals surface area contributed by atoms with Crippen molar-refractivity contribution in [1.82, 2.24) is 19.9 Å². The van der Waals surface area contributed by atoms with E-state index < -0.39 is 0 Å². The highest BCUT2D eigenvalue weighted by molar-refractivity contribution is 6.30. The highest BCUT2D eigenvalue weighted by Gasteiger charge is 2.16. The fraction of sp³-hybridized carbons (Fsp3) is 0.385. The Morgan fingerprint density at radius 1 is 1.00 bits per heavy atom. The van der Waals surface area contributed by atoms with Crippen LogP contribution in [-0.4, -0.2) is 33.0 Å². The summed E-state index contributed by atoms with van der Waals surface area (Å²) in [6, 6.07) is 1.77. The van der Waals surface area contributed by atoms with Gasteiger partial charge in [0.25, 0.3) is 0 Å². The van der Waals surface area contributed by atoms with Crippen LogP contribution in [-0.2, 0) is 0 Å². The zero-order chi connectivity index (χ0) is 14.7. The van der Waals surface area contributed by atoms with Gasteiger partial charge in [0.15, 0.2) is 5.75 Å². The molecule has 2 aromatic heterocycles. The molecule has 0 aromatic carbocycles. The highest BCUT2D eigenvalue weighted by Crippen LogP contribution is 2.24. The second-order valence-corrected chi connectivity index (χ2v) is 5.45. The summed E-state index contributed by atoms with van der Waals surface area (Å²) in [6.45, 7) is 1.83. The van der Waals surface area contributed by atoms with Gasteiger partial charge in [-0.25, -0.2) is 0 Å². The summed E-state index contributed by atoms with van der Waals surface area (Å²) in [6.07, 6.45) is 6.53. The molecule has 0 N–H and O–H groups in total. The Morgan fingerprint density at radius 2 is 1.81 bits per heavy atom. The van der Waals surface area contributed by atoms with E-state index in [1.807, 2.05) is 0 Å². The number of halogens is 2. The Morgan fingerprint density at radius 3 is 2.57 bits per heavy atom. The van der Waals surface area contributed by atoms with Crippen LogP contribution in [0, 0.1) is 0 Å². The molecule has 0 saturated carbocycles. The van der Waals surface area contributed by atoms with E-state index in [2.05, 4.69) is 24.8 Å². The first-order chi connectivity index (χ1) is 10.2. The molecule has 1 fully saturated rings. The van der Waals surface area contributed by atoms with Gasteiger partial charge in [0.05, 0.1) is 11.2 Å².